The van der Waals surface area contributed by atoms with Crippen molar-refractivity contribution in [2.75, 3.05) is 6.54 Å². The third-order valence-corrected chi connectivity index (χ3v) is 4.92. The van der Waals surface area contributed by atoms with Gasteiger partial charge in [0.1, 0.15) is 0 Å². The third-order valence-electron chi connectivity index (χ3n) is 4.92. The summed E-state index contributed by atoms with van der Waals surface area (Å²) in [4.78, 5) is 12.3. The van der Waals surface area contributed by atoms with Gasteiger partial charge in [-0.1, -0.05) is 31.0 Å². The van der Waals surface area contributed by atoms with Crippen LogP contribution in [0.1, 0.15) is 73.2 Å². The summed E-state index contributed by atoms with van der Waals surface area (Å²) < 4.78 is 0. The van der Waals surface area contributed by atoms with E-state index >= 15 is 0 Å². The number of carbonyl (C=O) groups excluding carboxylic acids is 1. The second-order valence-corrected chi connectivity index (χ2v) is 6.36. The summed E-state index contributed by atoms with van der Waals surface area (Å²) >= 11 is 0. The molecule has 0 aromatic heterocycles. The summed E-state index contributed by atoms with van der Waals surface area (Å²) in [5.41, 5.74) is 2.29. The van der Waals surface area contributed by atoms with Gasteiger partial charge in [0.25, 0.3) is 0 Å². The molecule has 1 heterocycles. The van der Waals surface area contributed by atoms with Gasteiger partial charge in [0.15, 0.2) is 5.78 Å². The molecule has 108 valence electrons. The van der Waals surface area contributed by atoms with E-state index in [0.29, 0.717) is 24.2 Å². The van der Waals surface area contributed by atoms with Gasteiger partial charge in [-0.15, -0.1) is 0 Å². The van der Waals surface area contributed by atoms with Crippen molar-refractivity contribution < 1.29 is 4.79 Å². The van der Waals surface area contributed by atoms with E-state index in [2.05, 4.69) is 23.5 Å². The van der Waals surface area contributed by atoms with Crippen LogP contribution in [-0.2, 0) is 0 Å². The van der Waals surface area contributed by atoms with Crippen LogP contribution in [-0.4, -0.2) is 18.4 Å². The molecular weight excluding hydrogens is 246 g/mol. The van der Waals surface area contributed by atoms with Crippen LogP contribution < -0.4 is 5.32 Å². The minimum Gasteiger partial charge on any atom is -0.314 e. The average molecular weight is 271 g/mol. The highest BCUT2D eigenvalue weighted by Crippen LogP contribution is 2.36. The van der Waals surface area contributed by atoms with Crippen LogP contribution in [0.15, 0.2) is 24.3 Å². The Morgan fingerprint density at radius 2 is 2.05 bits per heavy atom. The van der Waals surface area contributed by atoms with Crippen molar-refractivity contribution in [2.45, 2.75) is 63.3 Å². The highest BCUT2D eigenvalue weighted by molar-refractivity contribution is 5.96. The zero-order valence-corrected chi connectivity index (χ0v) is 12.2. The van der Waals surface area contributed by atoms with Gasteiger partial charge in [0.05, 0.1) is 0 Å². The highest BCUT2D eigenvalue weighted by atomic mass is 16.1. The summed E-state index contributed by atoms with van der Waals surface area (Å²) in [5.74, 6) is 1.03. The molecular formula is C18H25NO. The number of benzene rings is 1. The fourth-order valence-corrected chi connectivity index (χ4v) is 3.33. The SMILES string of the molecule is O=C(CCC1CCCCN1)c1cccc(C2CCC2)c1. The topological polar surface area (TPSA) is 29.1 Å². The van der Waals surface area contributed by atoms with Gasteiger partial charge in [-0.05, 0) is 56.2 Å². The Labute approximate surface area is 122 Å². The molecule has 1 aromatic carbocycles. The van der Waals surface area contributed by atoms with Crippen LogP contribution in [0.25, 0.3) is 0 Å². The number of carbonyl (C=O) groups is 1. The first-order valence-electron chi connectivity index (χ1n) is 8.19. The largest absolute Gasteiger partial charge is 0.314 e. The van der Waals surface area contributed by atoms with E-state index in [0.717, 1.165) is 18.5 Å². The highest BCUT2D eigenvalue weighted by Gasteiger charge is 2.20. The molecule has 0 radical (unpaired) electrons. The minimum atomic E-state index is 0.318. The van der Waals surface area contributed by atoms with Crippen molar-refractivity contribution in [2.24, 2.45) is 0 Å². The van der Waals surface area contributed by atoms with E-state index in [-0.39, 0.29) is 0 Å². The summed E-state index contributed by atoms with van der Waals surface area (Å²) in [6, 6.07) is 8.92. The van der Waals surface area contributed by atoms with Crippen molar-refractivity contribution in [1.82, 2.24) is 5.32 Å². The number of nitrogens with one attached hydrogen (secondary N) is 1. The van der Waals surface area contributed by atoms with Crippen LogP contribution in [0, 0.1) is 0 Å². The lowest BCUT2D eigenvalue weighted by molar-refractivity contribution is 0.0974. The molecule has 0 bridgehead atoms. The lowest BCUT2D eigenvalue weighted by Crippen LogP contribution is -2.34. The van der Waals surface area contributed by atoms with Crippen molar-refractivity contribution in [3.8, 4) is 0 Å². The molecule has 2 nitrogen and oxygen atoms in total. The molecule has 1 unspecified atom stereocenters. The average Bonchev–Trinajstić information content (AvgIpc) is 2.44. The summed E-state index contributed by atoms with van der Waals surface area (Å²) in [6.07, 6.45) is 9.44. The molecule has 2 heteroatoms. The Morgan fingerprint density at radius 1 is 1.15 bits per heavy atom. The number of piperidine rings is 1. The Morgan fingerprint density at radius 3 is 2.75 bits per heavy atom. The van der Waals surface area contributed by atoms with Crippen molar-refractivity contribution in [1.29, 1.82) is 0 Å². The predicted molar refractivity (Wildman–Crippen MR) is 82.2 cm³/mol. The van der Waals surface area contributed by atoms with Crippen LogP contribution in [0.4, 0.5) is 0 Å². The maximum absolute atomic E-state index is 12.3. The second-order valence-electron chi connectivity index (χ2n) is 6.36. The molecule has 1 aliphatic carbocycles. The number of ketones is 1. The smallest absolute Gasteiger partial charge is 0.162 e. The van der Waals surface area contributed by atoms with Gasteiger partial charge >= 0.3 is 0 Å². The van der Waals surface area contributed by atoms with Gasteiger partial charge < -0.3 is 5.32 Å². The van der Waals surface area contributed by atoms with E-state index in [1.807, 2.05) is 6.07 Å². The Kier molecular flexibility index (Phi) is 4.51. The molecule has 1 atom stereocenters. The first kappa shape index (κ1) is 13.8. The quantitative estimate of drug-likeness (QED) is 0.818. The first-order valence-corrected chi connectivity index (χ1v) is 8.19. The normalized spacial score (nSPS) is 23.3. The van der Waals surface area contributed by atoms with E-state index in [1.54, 1.807) is 0 Å². The number of rotatable bonds is 5. The van der Waals surface area contributed by atoms with Crippen LogP contribution >= 0.6 is 0 Å². The van der Waals surface area contributed by atoms with E-state index in [9.17, 15) is 4.79 Å². The lowest BCUT2D eigenvalue weighted by atomic mass is 9.79. The fourth-order valence-electron chi connectivity index (χ4n) is 3.33. The number of hydrogen-bond acceptors (Lipinski definition) is 2. The first-order chi connectivity index (χ1) is 9.83. The Balaban J connectivity index is 1.55. The Bertz CT molecular complexity index is 458. The van der Waals surface area contributed by atoms with Crippen LogP contribution in [0.3, 0.4) is 0 Å². The molecule has 1 aliphatic heterocycles. The van der Waals surface area contributed by atoms with Gasteiger partial charge in [0.2, 0.25) is 0 Å². The number of hydrogen-bond donors (Lipinski definition) is 1. The monoisotopic (exact) mass is 271 g/mol. The predicted octanol–water partition coefficient (Wildman–Crippen LogP) is 4.06. The molecule has 1 saturated carbocycles. The fraction of sp³-hybridized carbons (Fsp3) is 0.611. The summed E-state index contributed by atoms with van der Waals surface area (Å²) in [5, 5.41) is 3.52. The van der Waals surface area contributed by atoms with E-state index in [1.165, 1.54) is 44.1 Å². The molecule has 20 heavy (non-hydrogen) atoms. The summed E-state index contributed by atoms with van der Waals surface area (Å²) in [7, 11) is 0. The maximum atomic E-state index is 12.3. The van der Waals surface area contributed by atoms with Gasteiger partial charge in [0, 0.05) is 18.0 Å². The molecule has 1 N–H and O–H groups in total. The minimum absolute atomic E-state index is 0.318. The van der Waals surface area contributed by atoms with Crippen molar-refractivity contribution in [3.63, 3.8) is 0 Å². The molecule has 0 amide bonds. The standard InChI is InChI=1S/C18H25NO/c20-18(11-10-17-9-1-2-12-19-17)16-8-4-7-15(13-16)14-5-3-6-14/h4,7-8,13-14,17,19H,1-3,5-6,9-12H2. The van der Waals surface area contributed by atoms with Gasteiger partial charge in [-0.2, -0.15) is 0 Å². The zero-order chi connectivity index (χ0) is 13.8. The molecule has 1 saturated heterocycles. The van der Waals surface area contributed by atoms with Gasteiger partial charge in [-0.3, -0.25) is 4.79 Å². The molecule has 3 rings (SSSR count). The van der Waals surface area contributed by atoms with Crippen molar-refractivity contribution in [3.05, 3.63) is 35.4 Å². The molecule has 2 fully saturated rings. The maximum Gasteiger partial charge on any atom is 0.162 e. The zero-order valence-electron chi connectivity index (χ0n) is 12.2. The summed E-state index contributed by atoms with van der Waals surface area (Å²) in [6.45, 7) is 1.12. The Hall–Kier alpha value is -1.15. The molecule has 0 spiro atoms. The third kappa shape index (κ3) is 3.29. The van der Waals surface area contributed by atoms with Crippen molar-refractivity contribution >= 4 is 5.78 Å². The van der Waals surface area contributed by atoms with E-state index < -0.39 is 0 Å². The van der Waals surface area contributed by atoms with Gasteiger partial charge in [-0.25, -0.2) is 0 Å². The lowest BCUT2D eigenvalue weighted by Gasteiger charge is -2.26. The van der Waals surface area contributed by atoms with E-state index in [4.69, 9.17) is 0 Å². The van der Waals surface area contributed by atoms with Crippen LogP contribution in [0.5, 0.6) is 0 Å². The second kappa shape index (κ2) is 6.53. The number of Topliss-reactive ketones (excluding diaryl/α,β-unsaturated/α-hetero) is 1. The molecule has 1 aromatic rings. The van der Waals surface area contributed by atoms with Crippen LogP contribution in [0.2, 0.25) is 0 Å². The molecule has 2 aliphatic rings.